The largest absolute Gasteiger partial charge is 0.353 e. The Kier molecular flexibility index (Phi) is 4.14. The van der Waals surface area contributed by atoms with Crippen molar-refractivity contribution in [2.24, 2.45) is 0 Å². The molecule has 4 nitrogen and oxygen atoms in total. The van der Waals surface area contributed by atoms with Crippen molar-refractivity contribution in [2.45, 2.75) is 25.8 Å². The lowest BCUT2D eigenvalue weighted by Gasteiger charge is -2.32. The summed E-state index contributed by atoms with van der Waals surface area (Å²) in [6, 6.07) is 5.72. The number of halogens is 1. The highest BCUT2D eigenvalue weighted by Crippen LogP contribution is 2.14. The van der Waals surface area contributed by atoms with Gasteiger partial charge in [-0.25, -0.2) is 4.39 Å². The number of amides is 2. The highest BCUT2D eigenvalue weighted by atomic mass is 19.1. The van der Waals surface area contributed by atoms with Crippen LogP contribution in [0.25, 0.3) is 0 Å². The van der Waals surface area contributed by atoms with Gasteiger partial charge in [0.15, 0.2) is 0 Å². The normalized spacial score (nSPS) is 16.2. The Hall–Kier alpha value is -1.91. The summed E-state index contributed by atoms with van der Waals surface area (Å²) >= 11 is 0. The van der Waals surface area contributed by atoms with Crippen molar-refractivity contribution in [2.75, 3.05) is 13.1 Å². The predicted octanol–water partition coefficient (Wildman–Crippen LogP) is 1.57. The summed E-state index contributed by atoms with van der Waals surface area (Å²) in [4.78, 5) is 24.9. The molecule has 1 N–H and O–H groups in total. The molecule has 0 saturated carbocycles. The topological polar surface area (TPSA) is 49.4 Å². The minimum absolute atomic E-state index is 0.0386. The Labute approximate surface area is 111 Å². The van der Waals surface area contributed by atoms with Crippen LogP contribution in [0.3, 0.4) is 0 Å². The fourth-order valence-corrected chi connectivity index (χ4v) is 2.29. The van der Waals surface area contributed by atoms with E-state index in [-0.39, 0.29) is 23.7 Å². The zero-order valence-electron chi connectivity index (χ0n) is 10.9. The lowest BCUT2D eigenvalue weighted by molar-refractivity contribution is -0.119. The summed E-state index contributed by atoms with van der Waals surface area (Å²) in [5.41, 5.74) is 0.499. The van der Waals surface area contributed by atoms with E-state index in [1.165, 1.54) is 31.2 Å². The molecule has 19 heavy (non-hydrogen) atoms. The van der Waals surface area contributed by atoms with Gasteiger partial charge in [-0.15, -0.1) is 0 Å². The Morgan fingerprint density at radius 1 is 1.21 bits per heavy atom. The second-order valence-electron chi connectivity index (χ2n) is 4.77. The summed E-state index contributed by atoms with van der Waals surface area (Å²) < 4.78 is 12.8. The van der Waals surface area contributed by atoms with Crippen LogP contribution in [0.5, 0.6) is 0 Å². The van der Waals surface area contributed by atoms with Gasteiger partial charge in [-0.05, 0) is 37.1 Å². The van der Waals surface area contributed by atoms with Crippen LogP contribution in [0.4, 0.5) is 4.39 Å². The van der Waals surface area contributed by atoms with Gasteiger partial charge in [-0.1, -0.05) is 0 Å². The second kappa shape index (κ2) is 5.82. The third-order valence-corrected chi connectivity index (χ3v) is 3.28. The minimum Gasteiger partial charge on any atom is -0.353 e. The van der Waals surface area contributed by atoms with E-state index in [9.17, 15) is 14.0 Å². The maximum absolute atomic E-state index is 12.8. The number of carbonyl (C=O) groups is 2. The number of carbonyl (C=O) groups excluding carboxylic acids is 2. The molecular weight excluding hydrogens is 247 g/mol. The molecule has 1 fully saturated rings. The number of piperidine rings is 1. The van der Waals surface area contributed by atoms with Crippen molar-refractivity contribution in [3.05, 3.63) is 35.6 Å². The molecule has 102 valence electrons. The van der Waals surface area contributed by atoms with Crippen molar-refractivity contribution in [1.29, 1.82) is 0 Å². The Bertz CT molecular complexity index is 465. The summed E-state index contributed by atoms with van der Waals surface area (Å²) in [6.07, 6.45) is 1.51. The van der Waals surface area contributed by atoms with Gasteiger partial charge < -0.3 is 10.2 Å². The predicted molar refractivity (Wildman–Crippen MR) is 69.1 cm³/mol. The fraction of sp³-hybridized carbons (Fsp3) is 0.429. The third kappa shape index (κ3) is 3.53. The number of likely N-dealkylation sites (tertiary alicyclic amines) is 1. The highest BCUT2D eigenvalue weighted by Gasteiger charge is 2.23. The van der Waals surface area contributed by atoms with Gasteiger partial charge in [0.2, 0.25) is 5.91 Å². The van der Waals surface area contributed by atoms with E-state index in [4.69, 9.17) is 0 Å². The fourth-order valence-electron chi connectivity index (χ4n) is 2.29. The molecule has 5 heteroatoms. The Morgan fingerprint density at radius 3 is 2.32 bits per heavy atom. The van der Waals surface area contributed by atoms with Crippen LogP contribution in [0, 0.1) is 5.82 Å². The van der Waals surface area contributed by atoms with Crippen LogP contribution in [0.15, 0.2) is 24.3 Å². The second-order valence-corrected chi connectivity index (χ2v) is 4.77. The van der Waals surface area contributed by atoms with Crippen LogP contribution in [-0.4, -0.2) is 35.8 Å². The monoisotopic (exact) mass is 264 g/mol. The molecule has 2 amide bonds. The molecule has 1 saturated heterocycles. The maximum atomic E-state index is 12.8. The smallest absolute Gasteiger partial charge is 0.253 e. The van der Waals surface area contributed by atoms with Crippen molar-refractivity contribution in [1.82, 2.24) is 10.2 Å². The number of hydrogen-bond donors (Lipinski definition) is 1. The van der Waals surface area contributed by atoms with Crippen LogP contribution >= 0.6 is 0 Å². The molecule has 0 spiro atoms. The quantitative estimate of drug-likeness (QED) is 0.881. The first-order valence-corrected chi connectivity index (χ1v) is 6.38. The molecule has 0 unspecified atom stereocenters. The maximum Gasteiger partial charge on any atom is 0.253 e. The summed E-state index contributed by atoms with van der Waals surface area (Å²) in [5.74, 6) is -0.467. The van der Waals surface area contributed by atoms with Crippen LogP contribution in [-0.2, 0) is 4.79 Å². The molecule has 1 aliphatic heterocycles. The lowest BCUT2D eigenvalue weighted by Crippen LogP contribution is -2.46. The summed E-state index contributed by atoms with van der Waals surface area (Å²) in [6.45, 7) is 2.72. The average Bonchev–Trinajstić information content (AvgIpc) is 2.39. The zero-order chi connectivity index (χ0) is 13.8. The van der Waals surface area contributed by atoms with Crippen molar-refractivity contribution >= 4 is 11.8 Å². The van der Waals surface area contributed by atoms with Crippen LogP contribution in [0.2, 0.25) is 0 Å². The van der Waals surface area contributed by atoms with E-state index in [0.29, 0.717) is 18.7 Å². The van der Waals surface area contributed by atoms with Crippen molar-refractivity contribution in [3.8, 4) is 0 Å². The number of nitrogens with one attached hydrogen (secondary N) is 1. The van der Waals surface area contributed by atoms with Gasteiger partial charge in [0, 0.05) is 31.6 Å². The van der Waals surface area contributed by atoms with E-state index in [1.54, 1.807) is 4.90 Å². The van der Waals surface area contributed by atoms with Gasteiger partial charge in [-0.2, -0.15) is 0 Å². The van der Waals surface area contributed by atoms with E-state index >= 15 is 0 Å². The summed E-state index contributed by atoms with van der Waals surface area (Å²) in [7, 11) is 0. The SMILES string of the molecule is CC(=O)NC1CCN(C(=O)c2ccc(F)cc2)CC1. The third-order valence-electron chi connectivity index (χ3n) is 3.28. The summed E-state index contributed by atoms with van der Waals surface area (Å²) in [5, 5.41) is 2.86. The van der Waals surface area contributed by atoms with Gasteiger partial charge in [0.1, 0.15) is 5.82 Å². The molecule has 0 aromatic heterocycles. The number of nitrogens with zero attached hydrogens (tertiary/aromatic N) is 1. The first-order valence-electron chi connectivity index (χ1n) is 6.38. The Balaban J connectivity index is 1.92. The molecule has 1 aromatic rings. The van der Waals surface area contributed by atoms with Crippen molar-refractivity contribution in [3.63, 3.8) is 0 Å². The van der Waals surface area contributed by atoms with Gasteiger partial charge in [0.25, 0.3) is 5.91 Å². The number of rotatable bonds is 2. The molecule has 0 radical (unpaired) electrons. The molecular formula is C14H17FN2O2. The van der Waals surface area contributed by atoms with Crippen LogP contribution in [0.1, 0.15) is 30.1 Å². The molecule has 0 atom stereocenters. The Morgan fingerprint density at radius 2 is 1.79 bits per heavy atom. The zero-order valence-corrected chi connectivity index (χ0v) is 10.9. The van der Waals surface area contributed by atoms with Gasteiger partial charge in [0.05, 0.1) is 0 Å². The minimum atomic E-state index is -0.346. The van der Waals surface area contributed by atoms with Crippen LogP contribution < -0.4 is 5.32 Å². The first-order chi connectivity index (χ1) is 9.06. The van der Waals surface area contributed by atoms with E-state index in [1.807, 2.05) is 0 Å². The van der Waals surface area contributed by atoms with E-state index < -0.39 is 0 Å². The average molecular weight is 264 g/mol. The van der Waals surface area contributed by atoms with Gasteiger partial charge >= 0.3 is 0 Å². The molecule has 0 bridgehead atoms. The first kappa shape index (κ1) is 13.5. The van der Waals surface area contributed by atoms with E-state index in [0.717, 1.165) is 12.8 Å². The highest BCUT2D eigenvalue weighted by molar-refractivity contribution is 5.94. The molecule has 2 rings (SSSR count). The van der Waals surface area contributed by atoms with Gasteiger partial charge in [-0.3, -0.25) is 9.59 Å². The molecule has 1 heterocycles. The lowest BCUT2D eigenvalue weighted by atomic mass is 10.0. The standard InChI is InChI=1S/C14H17FN2O2/c1-10(18)16-13-6-8-17(9-7-13)14(19)11-2-4-12(15)5-3-11/h2-5,13H,6-9H2,1H3,(H,16,18). The number of benzene rings is 1. The molecule has 1 aromatic carbocycles. The molecule has 0 aliphatic carbocycles. The molecule has 1 aliphatic rings. The van der Waals surface area contributed by atoms with Crippen molar-refractivity contribution < 1.29 is 14.0 Å². The number of hydrogen-bond acceptors (Lipinski definition) is 2. The van der Waals surface area contributed by atoms with E-state index in [2.05, 4.69) is 5.32 Å².